The summed E-state index contributed by atoms with van der Waals surface area (Å²) in [5.41, 5.74) is 7.24. The number of nitrogens with zero attached hydrogens (tertiary/aromatic N) is 3. The van der Waals surface area contributed by atoms with Crippen LogP contribution in [0.5, 0.6) is 11.5 Å². The highest BCUT2D eigenvalue weighted by atomic mass is 16.5. The van der Waals surface area contributed by atoms with Gasteiger partial charge in [-0.2, -0.15) is 10.1 Å². The van der Waals surface area contributed by atoms with E-state index in [-0.39, 0.29) is 5.91 Å². The number of fused-ring (bicyclic) bond motifs is 1. The first-order valence-corrected chi connectivity index (χ1v) is 12.5. The van der Waals surface area contributed by atoms with Gasteiger partial charge in [-0.1, -0.05) is 48.0 Å². The maximum absolute atomic E-state index is 13.7. The lowest BCUT2D eigenvalue weighted by Crippen LogP contribution is -2.31. The van der Waals surface area contributed by atoms with E-state index >= 15 is 0 Å². The number of ether oxygens (including phenoxy) is 2. The van der Waals surface area contributed by atoms with Gasteiger partial charge in [-0.3, -0.25) is 4.79 Å². The number of carbonyl (C=O) groups excluding carboxylic acids is 1. The van der Waals surface area contributed by atoms with Crippen LogP contribution in [0.2, 0.25) is 0 Å². The largest absolute Gasteiger partial charge is 0.493 e. The van der Waals surface area contributed by atoms with Crippen LogP contribution in [0.4, 0.5) is 11.6 Å². The van der Waals surface area contributed by atoms with Gasteiger partial charge in [0.05, 0.1) is 12.7 Å². The number of amides is 1. The Kier molecular flexibility index (Phi) is 6.87. The molecular formula is C30H31N5O3. The number of methoxy groups -OCH3 is 1. The number of carbonyl (C=O) groups is 1. The summed E-state index contributed by atoms with van der Waals surface area (Å²) in [6.07, 6.45) is 1.48. The van der Waals surface area contributed by atoms with Gasteiger partial charge in [-0.15, -0.1) is 0 Å². The van der Waals surface area contributed by atoms with Crippen LogP contribution in [0.15, 0.2) is 78.3 Å². The lowest BCUT2D eigenvalue weighted by molar-refractivity contribution is -0.113. The Morgan fingerprint density at radius 2 is 1.82 bits per heavy atom. The molecule has 0 saturated heterocycles. The van der Waals surface area contributed by atoms with Crippen molar-refractivity contribution in [2.45, 2.75) is 40.3 Å². The number of aromatic nitrogens is 3. The number of nitrogens with one attached hydrogen (secondary N) is 2. The molecule has 2 heterocycles. The van der Waals surface area contributed by atoms with Crippen LogP contribution in [0.25, 0.3) is 0 Å². The third-order valence-electron chi connectivity index (χ3n) is 6.91. The van der Waals surface area contributed by atoms with Gasteiger partial charge in [0.25, 0.3) is 5.91 Å². The van der Waals surface area contributed by atoms with Crippen LogP contribution in [-0.2, 0) is 11.4 Å². The zero-order chi connectivity index (χ0) is 26.8. The zero-order valence-electron chi connectivity index (χ0n) is 22.2. The fraction of sp³-hybridized carbons (Fsp3) is 0.233. The highest BCUT2D eigenvalue weighted by molar-refractivity contribution is 6.06. The lowest BCUT2D eigenvalue weighted by Gasteiger charge is -2.29. The number of rotatable bonds is 7. The molecular weight excluding hydrogens is 478 g/mol. The topological polar surface area (TPSA) is 90.3 Å². The molecule has 0 fully saturated rings. The third-order valence-corrected chi connectivity index (χ3v) is 6.91. The molecule has 0 bridgehead atoms. The lowest BCUT2D eigenvalue weighted by atomic mass is 9.94. The highest BCUT2D eigenvalue weighted by Gasteiger charge is 2.34. The summed E-state index contributed by atoms with van der Waals surface area (Å²) in [5, 5.41) is 10.8. The summed E-state index contributed by atoms with van der Waals surface area (Å²) in [4.78, 5) is 18.1. The number of allylic oxidation sites excluding steroid dienone is 1. The molecule has 5 rings (SSSR count). The minimum atomic E-state index is -0.515. The van der Waals surface area contributed by atoms with Crippen molar-refractivity contribution in [1.82, 2.24) is 14.8 Å². The molecule has 8 heteroatoms. The number of aryl methyl sites for hydroxylation is 2. The van der Waals surface area contributed by atoms with Gasteiger partial charge >= 0.3 is 0 Å². The smallest absolute Gasteiger partial charge is 0.255 e. The quantitative estimate of drug-likeness (QED) is 0.331. The summed E-state index contributed by atoms with van der Waals surface area (Å²) in [7, 11) is 1.61. The predicted molar refractivity (Wildman–Crippen MR) is 148 cm³/mol. The van der Waals surface area contributed by atoms with Crippen molar-refractivity contribution in [2.24, 2.45) is 0 Å². The van der Waals surface area contributed by atoms with E-state index in [4.69, 9.17) is 9.47 Å². The van der Waals surface area contributed by atoms with Crippen LogP contribution in [0, 0.1) is 20.8 Å². The molecule has 3 aromatic carbocycles. The van der Waals surface area contributed by atoms with Gasteiger partial charge in [-0.25, -0.2) is 4.68 Å². The first-order valence-electron chi connectivity index (χ1n) is 12.5. The Morgan fingerprint density at radius 1 is 1.03 bits per heavy atom. The Labute approximate surface area is 222 Å². The third kappa shape index (κ3) is 4.85. The molecule has 1 amide bonds. The molecule has 194 valence electrons. The first kappa shape index (κ1) is 25.1. The SMILES string of the molecule is COc1cc(C2C(C(=O)Nc3cccc(C)c3C)=C(C)Nc3ncnn32)ccc1OCc1ccc(C)cc1. The minimum Gasteiger partial charge on any atom is -0.493 e. The van der Waals surface area contributed by atoms with Crippen molar-refractivity contribution in [3.63, 3.8) is 0 Å². The van der Waals surface area contributed by atoms with E-state index in [9.17, 15) is 4.79 Å². The van der Waals surface area contributed by atoms with Gasteiger partial charge in [-0.05, 0) is 68.1 Å². The summed E-state index contributed by atoms with van der Waals surface area (Å²) in [6.45, 7) is 8.37. The van der Waals surface area contributed by atoms with Crippen LogP contribution in [0.3, 0.4) is 0 Å². The van der Waals surface area contributed by atoms with E-state index in [1.54, 1.807) is 11.8 Å². The Balaban J connectivity index is 1.48. The van der Waals surface area contributed by atoms with Crippen LogP contribution >= 0.6 is 0 Å². The van der Waals surface area contributed by atoms with Crippen LogP contribution in [0.1, 0.15) is 40.8 Å². The minimum absolute atomic E-state index is 0.214. The molecule has 1 aromatic heterocycles. The van der Waals surface area contributed by atoms with E-state index < -0.39 is 6.04 Å². The monoisotopic (exact) mass is 509 g/mol. The molecule has 0 radical (unpaired) electrons. The maximum atomic E-state index is 13.7. The van der Waals surface area contributed by atoms with Gasteiger partial charge in [0, 0.05) is 11.4 Å². The molecule has 1 aliphatic rings. The molecule has 1 aliphatic heterocycles. The molecule has 0 saturated carbocycles. The summed E-state index contributed by atoms with van der Waals surface area (Å²) in [5.74, 6) is 1.54. The summed E-state index contributed by atoms with van der Waals surface area (Å²) >= 11 is 0. The molecule has 4 aromatic rings. The summed E-state index contributed by atoms with van der Waals surface area (Å²) in [6, 6.07) is 19.3. The first-order chi connectivity index (χ1) is 18.4. The Morgan fingerprint density at radius 3 is 2.58 bits per heavy atom. The average molecular weight is 510 g/mol. The Hall–Kier alpha value is -4.59. The van der Waals surface area contributed by atoms with Crippen molar-refractivity contribution >= 4 is 17.5 Å². The molecule has 8 nitrogen and oxygen atoms in total. The number of benzene rings is 3. The highest BCUT2D eigenvalue weighted by Crippen LogP contribution is 2.39. The van der Waals surface area contributed by atoms with Crippen LogP contribution in [-0.4, -0.2) is 27.8 Å². The average Bonchev–Trinajstić information content (AvgIpc) is 3.38. The fourth-order valence-electron chi connectivity index (χ4n) is 4.59. The number of hydrogen-bond donors (Lipinski definition) is 2. The zero-order valence-corrected chi connectivity index (χ0v) is 22.2. The van der Waals surface area contributed by atoms with Crippen molar-refractivity contribution in [1.29, 1.82) is 0 Å². The molecule has 38 heavy (non-hydrogen) atoms. The predicted octanol–water partition coefficient (Wildman–Crippen LogP) is 5.72. The second-order valence-corrected chi connectivity index (χ2v) is 9.48. The second-order valence-electron chi connectivity index (χ2n) is 9.48. The van der Waals surface area contributed by atoms with E-state index in [2.05, 4.69) is 39.8 Å². The Bertz CT molecular complexity index is 1520. The van der Waals surface area contributed by atoms with E-state index in [1.165, 1.54) is 11.9 Å². The van der Waals surface area contributed by atoms with Crippen molar-refractivity contribution in [3.8, 4) is 11.5 Å². The molecule has 0 aliphatic carbocycles. The van der Waals surface area contributed by atoms with Crippen molar-refractivity contribution in [2.75, 3.05) is 17.7 Å². The molecule has 0 spiro atoms. The van der Waals surface area contributed by atoms with E-state index in [1.807, 2.05) is 69.3 Å². The standard InChI is InChI=1S/C30H31N5O3/c1-18-9-11-22(12-10-18)16-38-25-14-13-23(15-26(25)37-5)28-27(21(4)33-30-31-17-32-35(28)30)29(36)34-24-8-6-7-19(2)20(24)3/h6-15,17,28H,16H2,1-5H3,(H,34,36)(H,31,32,33). The summed E-state index contributed by atoms with van der Waals surface area (Å²) < 4.78 is 13.5. The second kappa shape index (κ2) is 10.4. The van der Waals surface area contributed by atoms with E-state index in [0.29, 0.717) is 35.3 Å². The number of hydrogen-bond acceptors (Lipinski definition) is 6. The van der Waals surface area contributed by atoms with Crippen molar-refractivity contribution in [3.05, 3.63) is 106 Å². The number of anilines is 2. The van der Waals surface area contributed by atoms with Gasteiger partial charge in [0.2, 0.25) is 5.95 Å². The van der Waals surface area contributed by atoms with Gasteiger partial charge in [0.15, 0.2) is 11.5 Å². The van der Waals surface area contributed by atoms with Gasteiger partial charge < -0.3 is 20.1 Å². The van der Waals surface area contributed by atoms with Gasteiger partial charge in [0.1, 0.15) is 19.0 Å². The fourth-order valence-corrected chi connectivity index (χ4v) is 4.59. The molecule has 1 unspecified atom stereocenters. The maximum Gasteiger partial charge on any atom is 0.255 e. The van der Waals surface area contributed by atoms with Crippen LogP contribution < -0.4 is 20.1 Å². The molecule has 1 atom stereocenters. The van der Waals surface area contributed by atoms with E-state index in [0.717, 1.165) is 27.9 Å². The molecule has 2 N–H and O–H groups in total. The van der Waals surface area contributed by atoms with Crippen molar-refractivity contribution < 1.29 is 14.3 Å². The normalized spacial score (nSPS) is 14.5.